The molecule has 0 atom stereocenters. The van der Waals surface area contributed by atoms with Crippen LogP contribution in [-0.4, -0.2) is 18.1 Å². The lowest BCUT2D eigenvalue weighted by molar-refractivity contribution is 0.0602. The predicted octanol–water partition coefficient (Wildman–Crippen LogP) is 0.255. The minimum absolute atomic E-state index is 0.0972. The number of nitrogens with two attached hydrogens (primary N) is 1. The lowest BCUT2D eigenvalue weighted by Crippen LogP contribution is -2.05. The Morgan fingerprint density at radius 1 is 1.83 bits per heavy atom. The summed E-state index contributed by atoms with van der Waals surface area (Å²) >= 11 is 0. The van der Waals surface area contributed by atoms with Crippen LogP contribution in [0.1, 0.15) is 15.9 Å². The fourth-order valence-electron chi connectivity index (χ4n) is 0.849. The van der Waals surface area contributed by atoms with E-state index >= 15 is 0 Å². The van der Waals surface area contributed by atoms with Crippen LogP contribution < -0.4 is 5.73 Å². The van der Waals surface area contributed by atoms with E-state index in [1.807, 2.05) is 6.07 Å². The Hall–Kier alpha value is -1.96. The first-order valence-corrected chi connectivity index (χ1v) is 3.16. The van der Waals surface area contributed by atoms with Crippen molar-refractivity contribution in [3.05, 3.63) is 17.3 Å². The van der Waals surface area contributed by atoms with Gasteiger partial charge >= 0.3 is 5.97 Å². The molecule has 0 aliphatic heterocycles. The molecule has 0 saturated carbocycles. The third-order valence-electron chi connectivity index (χ3n) is 1.42. The highest BCUT2D eigenvalue weighted by atomic mass is 16.5. The number of ether oxygens (including phenoxy) is 1. The fraction of sp³-hybridized carbons (Fsp3) is 0.143. The Bertz CT molecular complexity index is 348. The number of nitrogens with one attached hydrogen (secondary N) is 1. The van der Waals surface area contributed by atoms with Crippen LogP contribution in [0, 0.1) is 11.3 Å². The van der Waals surface area contributed by atoms with Gasteiger partial charge in [0.2, 0.25) is 0 Å². The van der Waals surface area contributed by atoms with Crippen molar-refractivity contribution in [1.29, 1.82) is 5.26 Å². The van der Waals surface area contributed by atoms with Gasteiger partial charge in [0.1, 0.15) is 17.5 Å². The zero-order chi connectivity index (χ0) is 9.14. The van der Waals surface area contributed by atoms with Crippen LogP contribution in [-0.2, 0) is 4.74 Å². The number of carbonyl (C=O) groups is 1. The largest absolute Gasteiger partial charge is 0.465 e. The smallest absolute Gasteiger partial charge is 0.342 e. The van der Waals surface area contributed by atoms with Gasteiger partial charge in [-0.1, -0.05) is 0 Å². The van der Waals surface area contributed by atoms with Gasteiger partial charge in [-0.3, -0.25) is 0 Å². The first-order valence-electron chi connectivity index (χ1n) is 3.16. The van der Waals surface area contributed by atoms with Gasteiger partial charge in [-0.15, -0.1) is 0 Å². The first kappa shape index (κ1) is 8.14. The molecule has 0 saturated heterocycles. The Morgan fingerprint density at radius 3 is 3.00 bits per heavy atom. The number of nitriles is 1. The summed E-state index contributed by atoms with van der Waals surface area (Å²) in [5, 5.41) is 8.54. The summed E-state index contributed by atoms with van der Waals surface area (Å²) in [4.78, 5) is 13.6. The highest BCUT2D eigenvalue weighted by molar-refractivity contribution is 5.97. The monoisotopic (exact) mass is 165 g/mol. The topological polar surface area (TPSA) is 91.9 Å². The van der Waals surface area contributed by atoms with E-state index in [1.165, 1.54) is 13.3 Å². The van der Waals surface area contributed by atoms with E-state index in [9.17, 15) is 4.79 Å². The maximum atomic E-state index is 11.0. The number of nitrogen functional groups attached to an aromatic ring is 1. The lowest BCUT2D eigenvalue weighted by atomic mass is 10.2. The van der Waals surface area contributed by atoms with Crippen LogP contribution in [0.15, 0.2) is 6.20 Å². The maximum Gasteiger partial charge on any atom is 0.342 e. The number of aromatic amines is 1. The molecule has 5 nitrogen and oxygen atoms in total. The molecular formula is C7H7N3O2. The summed E-state index contributed by atoms with van der Waals surface area (Å²) < 4.78 is 4.43. The Kier molecular flexibility index (Phi) is 2.01. The van der Waals surface area contributed by atoms with Crippen molar-refractivity contribution in [2.45, 2.75) is 0 Å². The summed E-state index contributed by atoms with van der Waals surface area (Å²) in [5.41, 5.74) is 5.68. The molecule has 0 fully saturated rings. The van der Waals surface area contributed by atoms with Crippen LogP contribution in [0.4, 0.5) is 5.82 Å². The molecule has 0 radical (unpaired) electrons. The predicted molar refractivity (Wildman–Crippen MR) is 41.3 cm³/mol. The molecule has 62 valence electrons. The van der Waals surface area contributed by atoms with Crippen molar-refractivity contribution >= 4 is 11.8 Å². The van der Waals surface area contributed by atoms with E-state index in [-0.39, 0.29) is 16.9 Å². The number of carbonyl (C=O) groups excluding carboxylic acids is 1. The molecule has 0 aliphatic carbocycles. The number of hydrogen-bond donors (Lipinski definition) is 2. The third-order valence-corrected chi connectivity index (χ3v) is 1.42. The second-order valence-electron chi connectivity index (χ2n) is 2.09. The molecule has 1 aromatic heterocycles. The van der Waals surface area contributed by atoms with Crippen molar-refractivity contribution in [3.8, 4) is 6.07 Å². The quantitative estimate of drug-likeness (QED) is 0.583. The molecule has 0 aliphatic rings. The third kappa shape index (κ3) is 1.10. The molecule has 0 spiro atoms. The van der Waals surface area contributed by atoms with E-state index in [2.05, 4.69) is 9.72 Å². The van der Waals surface area contributed by atoms with Gasteiger partial charge in [0, 0.05) is 6.20 Å². The normalized spacial score (nSPS) is 9.00. The summed E-state index contributed by atoms with van der Waals surface area (Å²) in [6.45, 7) is 0. The van der Waals surface area contributed by atoms with Crippen LogP contribution >= 0.6 is 0 Å². The number of hydrogen-bond acceptors (Lipinski definition) is 4. The van der Waals surface area contributed by atoms with Gasteiger partial charge in [0.15, 0.2) is 0 Å². The summed E-state index contributed by atoms with van der Waals surface area (Å²) in [6, 6.07) is 1.82. The average Bonchev–Trinajstić information content (AvgIpc) is 2.45. The Balaban J connectivity index is 3.21. The Labute approximate surface area is 68.7 Å². The van der Waals surface area contributed by atoms with Crippen molar-refractivity contribution in [1.82, 2.24) is 4.98 Å². The summed E-state index contributed by atoms with van der Waals surface area (Å²) in [7, 11) is 1.23. The van der Waals surface area contributed by atoms with E-state index in [0.29, 0.717) is 0 Å². The molecule has 1 heterocycles. The molecule has 5 heteroatoms. The number of aromatic nitrogens is 1. The van der Waals surface area contributed by atoms with Crippen LogP contribution in [0.3, 0.4) is 0 Å². The van der Waals surface area contributed by atoms with Gasteiger partial charge in [0.25, 0.3) is 0 Å². The van der Waals surface area contributed by atoms with E-state index in [0.717, 1.165) is 0 Å². The molecule has 1 aromatic rings. The molecule has 1 rings (SSSR count). The number of anilines is 1. The standard InChI is InChI=1S/C7H7N3O2/c1-12-7(11)5-4(2-8)3-10-6(5)9/h3,10H,9H2,1H3. The van der Waals surface area contributed by atoms with Gasteiger partial charge < -0.3 is 15.5 Å². The second-order valence-corrected chi connectivity index (χ2v) is 2.09. The van der Waals surface area contributed by atoms with Crippen LogP contribution in [0.2, 0.25) is 0 Å². The molecule has 0 bridgehead atoms. The first-order chi connectivity index (χ1) is 5.70. The second kappa shape index (κ2) is 2.96. The molecule has 0 aromatic carbocycles. The lowest BCUT2D eigenvalue weighted by Gasteiger charge is -1.96. The Morgan fingerprint density at radius 2 is 2.50 bits per heavy atom. The molecule has 12 heavy (non-hydrogen) atoms. The number of rotatable bonds is 1. The molecular weight excluding hydrogens is 158 g/mol. The van der Waals surface area contributed by atoms with Crippen LogP contribution in [0.25, 0.3) is 0 Å². The molecule has 0 unspecified atom stereocenters. The van der Waals surface area contributed by atoms with Gasteiger partial charge in [0.05, 0.1) is 12.7 Å². The highest BCUT2D eigenvalue weighted by Crippen LogP contribution is 2.15. The van der Waals surface area contributed by atoms with Crippen molar-refractivity contribution in [3.63, 3.8) is 0 Å². The number of nitrogens with zero attached hydrogens (tertiary/aromatic N) is 1. The highest BCUT2D eigenvalue weighted by Gasteiger charge is 2.16. The van der Waals surface area contributed by atoms with Crippen LogP contribution in [0.5, 0.6) is 0 Å². The summed E-state index contributed by atoms with van der Waals surface area (Å²) in [6.07, 6.45) is 1.36. The zero-order valence-electron chi connectivity index (χ0n) is 6.42. The molecule has 0 amide bonds. The molecule has 3 N–H and O–H groups in total. The fourth-order valence-corrected chi connectivity index (χ4v) is 0.849. The van der Waals surface area contributed by atoms with Crippen molar-refractivity contribution in [2.75, 3.05) is 12.8 Å². The van der Waals surface area contributed by atoms with Gasteiger partial charge in [-0.25, -0.2) is 4.79 Å². The number of H-pyrrole nitrogens is 1. The van der Waals surface area contributed by atoms with E-state index in [4.69, 9.17) is 11.0 Å². The SMILES string of the molecule is COC(=O)c1c(C#N)c[nH]c1N. The van der Waals surface area contributed by atoms with Gasteiger partial charge in [-0.05, 0) is 0 Å². The zero-order valence-corrected chi connectivity index (χ0v) is 6.42. The number of esters is 1. The minimum Gasteiger partial charge on any atom is -0.465 e. The van der Waals surface area contributed by atoms with Crippen molar-refractivity contribution in [2.24, 2.45) is 0 Å². The van der Waals surface area contributed by atoms with E-state index in [1.54, 1.807) is 0 Å². The number of methoxy groups -OCH3 is 1. The van der Waals surface area contributed by atoms with E-state index < -0.39 is 5.97 Å². The van der Waals surface area contributed by atoms with Crippen molar-refractivity contribution < 1.29 is 9.53 Å². The maximum absolute atomic E-state index is 11.0. The summed E-state index contributed by atoms with van der Waals surface area (Å²) in [5.74, 6) is -0.455. The van der Waals surface area contributed by atoms with Gasteiger partial charge in [-0.2, -0.15) is 5.26 Å². The minimum atomic E-state index is -0.606. The average molecular weight is 165 g/mol.